The fourth-order valence-corrected chi connectivity index (χ4v) is 2.23. The number of benzene rings is 2. The third-order valence-electron chi connectivity index (χ3n) is 3.51. The van der Waals surface area contributed by atoms with Crippen LogP contribution < -0.4 is 11.1 Å². The number of hydrogen-bond acceptors (Lipinski definition) is 2. The summed E-state index contributed by atoms with van der Waals surface area (Å²) in [5, 5.41) is 2.90. The summed E-state index contributed by atoms with van der Waals surface area (Å²) in [6.45, 7) is 4.68. The lowest BCUT2D eigenvalue weighted by Crippen LogP contribution is -2.35. The second-order valence-electron chi connectivity index (χ2n) is 5.42. The number of halogens is 1. The molecule has 0 saturated heterocycles. The van der Waals surface area contributed by atoms with E-state index in [4.69, 9.17) is 5.73 Å². The van der Waals surface area contributed by atoms with E-state index in [0.29, 0.717) is 6.54 Å². The number of nitrogens with two attached hydrogens (primary N) is 1. The van der Waals surface area contributed by atoms with Crippen molar-refractivity contribution in [3.63, 3.8) is 0 Å². The molecule has 0 heterocycles. The van der Waals surface area contributed by atoms with Crippen molar-refractivity contribution >= 4 is 18.3 Å². The normalized spacial score (nSPS) is 11.4. The molecule has 0 aromatic heterocycles. The van der Waals surface area contributed by atoms with Gasteiger partial charge >= 0.3 is 0 Å². The largest absolute Gasteiger partial charge is 0.354 e. The van der Waals surface area contributed by atoms with Crippen LogP contribution in [0.15, 0.2) is 48.5 Å². The molecule has 1 amide bonds. The van der Waals surface area contributed by atoms with E-state index >= 15 is 0 Å². The van der Waals surface area contributed by atoms with Gasteiger partial charge in [0.25, 0.3) is 0 Å². The number of carbonyl (C=O) groups excluding carboxylic acids is 1. The lowest BCUT2D eigenvalue weighted by Gasteiger charge is -2.13. The van der Waals surface area contributed by atoms with Crippen molar-refractivity contribution in [3.05, 3.63) is 70.8 Å². The molecule has 0 radical (unpaired) electrons. The first-order valence-corrected chi connectivity index (χ1v) is 7.21. The molecule has 1 atom stereocenters. The Morgan fingerprint density at radius 3 is 2.41 bits per heavy atom. The van der Waals surface area contributed by atoms with Crippen LogP contribution in [0, 0.1) is 13.8 Å². The van der Waals surface area contributed by atoms with Crippen LogP contribution in [0.5, 0.6) is 0 Å². The predicted octanol–water partition coefficient (Wildman–Crippen LogP) is 3.08. The average Bonchev–Trinajstić information content (AvgIpc) is 2.47. The molecule has 3 nitrogen and oxygen atoms in total. The quantitative estimate of drug-likeness (QED) is 0.890. The van der Waals surface area contributed by atoms with Crippen molar-refractivity contribution in [1.29, 1.82) is 0 Å². The maximum absolute atomic E-state index is 12.0. The summed E-state index contributed by atoms with van der Waals surface area (Å²) in [6.07, 6.45) is 0.814. The number of rotatable bonds is 5. The van der Waals surface area contributed by atoms with Gasteiger partial charge in [0.15, 0.2) is 0 Å². The van der Waals surface area contributed by atoms with E-state index in [2.05, 4.69) is 30.4 Å². The molecule has 0 spiro atoms. The van der Waals surface area contributed by atoms with Gasteiger partial charge in [0.2, 0.25) is 5.91 Å². The fraction of sp³-hybridized carbons (Fsp3) is 0.278. The third kappa shape index (κ3) is 5.17. The molecule has 3 N–H and O–H groups in total. The zero-order valence-electron chi connectivity index (χ0n) is 13.0. The lowest BCUT2D eigenvalue weighted by molar-refractivity contribution is -0.122. The highest BCUT2D eigenvalue weighted by atomic mass is 35.5. The van der Waals surface area contributed by atoms with Crippen LogP contribution in [0.1, 0.15) is 28.3 Å². The maximum Gasteiger partial charge on any atom is 0.241 e. The van der Waals surface area contributed by atoms with Gasteiger partial charge in [0.05, 0.1) is 0 Å². The van der Waals surface area contributed by atoms with Gasteiger partial charge in [-0.05, 0) is 31.4 Å². The van der Waals surface area contributed by atoms with Crippen molar-refractivity contribution in [3.8, 4) is 0 Å². The van der Waals surface area contributed by atoms with E-state index in [0.717, 1.165) is 17.5 Å². The van der Waals surface area contributed by atoms with Crippen molar-refractivity contribution in [1.82, 2.24) is 5.32 Å². The highest BCUT2D eigenvalue weighted by molar-refractivity contribution is 5.85. The lowest BCUT2D eigenvalue weighted by atomic mass is 10.1. The first-order valence-electron chi connectivity index (χ1n) is 7.21. The van der Waals surface area contributed by atoms with Crippen molar-refractivity contribution in [2.24, 2.45) is 5.73 Å². The molecule has 0 aliphatic carbocycles. The molecule has 1 unspecified atom stereocenters. The molecule has 0 saturated carbocycles. The average molecular weight is 319 g/mol. The van der Waals surface area contributed by atoms with Crippen molar-refractivity contribution < 1.29 is 4.79 Å². The monoisotopic (exact) mass is 318 g/mol. The smallest absolute Gasteiger partial charge is 0.241 e. The fourth-order valence-electron chi connectivity index (χ4n) is 2.23. The Bertz CT molecular complexity index is 611. The first kappa shape index (κ1) is 18.2. The van der Waals surface area contributed by atoms with Crippen LogP contribution in [0.3, 0.4) is 0 Å². The molecular formula is C18H23ClN2O. The van der Waals surface area contributed by atoms with Gasteiger partial charge in [0, 0.05) is 6.54 Å². The summed E-state index contributed by atoms with van der Waals surface area (Å²) < 4.78 is 0. The molecule has 118 valence electrons. The minimum atomic E-state index is -0.608. The topological polar surface area (TPSA) is 55.1 Å². The van der Waals surface area contributed by atoms with Gasteiger partial charge in [-0.25, -0.2) is 0 Å². The summed E-state index contributed by atoms with van der Waals surface area (Å²) in [5.74, 6) is -0.133. The second kappa shape index (κ2) is 8.57. The Labute approximate surface area is 138 Å². The standard InChI is InChI=1S/C18H22N2O.ClH/c1-13-6-8-16(9-7-13)17(19)18(21)20-11-10-15-5-3-4-14(2)12-15;/h3-9,12,17H,10-11,19H2,1-2H3,(H,20,21);1H. The van der Waals surface area contributed by atoms with E-state index in [1.54, 1.807) is 0 Å². The molecule has 0 fully saturated rings. The number of nitrogens with one attached hydrogen (secondary N) is 1. The summed E-state index contributed by atoms with van der Waals surface area (Å²) in [4.78, 5) is 12.0. The van der Waals surface area contributed by atoms with Crippen LogP contribution in [0.4, 0.5) is 0 Å². The summed E-state index contributed by atoms with van der Waals surface area (Å²) in [6, 6.07) is 15.4. The molecular weight excluding hydrogens is 296 g/mol. The highest BCUT2D eigenvalue weighted by Gasteiger charge is 2.14. The number of amides is 1. The zero-order chi connectivity index (χ0) is 15.2. The molecule has 22 heavy (non-hydrogen) atoms. The van der Waals surface area contributed by atoms with E-state index in [1.165, 1.54) is 11.1 Å². The van der Waals surface area contributed by atoms with Gasteiger partial charge in [0.1, 0.15) is 6.04 Å². The van der Waals surface area contributed by atoms with Crippen LogP contribution in [0.25, 0.3) is 0 Å². The molecule has 2 aromatic rings. The number of aryl methyl sites for hydroxylation is 2. The molecule has 0 aliphatic rings. The summed E-state index contributed by atoms with van der Waals surface area (Å²) in [7, 11) is 0. The van der Waals surface area contributed by atoms with Gasteiger partial charge < -0.3 is 11.1 Å². The van der Waals surface area contributed by atoms with Gasteiger partial charge in [-0.2, -0.15) is 0 Å². The van der Waals surface area contributed by atoms with Crippen LogP contribution in [-0.4, -0.2) is 12.5 Å². The van der Waals surface area contributed by atoms with E-state index in [1.807, 2.05) is 37.3 Å². The summed E-state index contributed by atoms with van der Waals surface area (Å²) >= 11 is 0. The van der Waals surface area contributed by atoms with Crippen molar-refractivity contribution in [2.75, 3.05) is 6.54 Å². The third-order valence-corrected chi connectivity index (χ3v) is 3.51. The molecule has 4 heteroatoms. The Kier molecular flexibility index (Phi) is 7.09. The van der Waals surface area contributed by atoms with Gasteiger partial charge in [-0.3, -0.25) is 4.79 Å². The highest BCUT2D eigenvalue weighted by Crippen LogP contribution is 2.11. The van der Waals surface area contributed by atoms with E-state index in [9.17, 15) is 4.79 Å². The van der Waals surface area contributed by atoms with E-state index in [-0.39, 0.29) is 18.3 Å². The minimum Gasteiger partial charge on any atom is -0.354 e. The first-order chi connectivity index (χ1) is 10.1. The number of carbonyl (C=O) groups is 1. The predicted molar refractivity (Wildman–Crippen MR) is 93.2 cm³/mol. The Hall–Kier alpha value is -1.84. The molecule has 2 rings (SSSR count). The Balaban J connectivity index is 0.00000242. The number of hydrogen-bond donors (Lipinski definition) is 2. The van der Waals surface area contributed by atoms with Crippen LogP contribution in [0.2, 0.25) is 0 Å². The van der Waals surface area contributed by atoms with Gasteiger partial charge in [-0.1, -0.05) is 59.7 Å². The molecule has 2 aromatic carbocycles. The summed E-state index contributed by atoms with van der Waals surface area (Å²) in [5.41, 5.74) is 10.4. The Morgan fingerprint density at radius 1 is 1.09 bits per heavy atom. The zero-order valence-corrected chi connectivity index (χ0v) is 13.8. The van der Waals surface area contributed by atoms with E-state index < -0.39 is 6.04 Å². The van der Waals surface area contributed by atoms with Crippen LogP contribution >= 0.6 is 12.4 Å². The second-order valence-corrected chi connectivity index (χ2v) is 5.42. The Morgan fingerprint density at radius 2 is 1.77 bits per heavy atom. The maximum atomic E-state index is 12.0. The minimum absolute atomic E-state index is 0. The van der Waals surface area contributed by atoms with Crippen molar-refractivity contribution in [2.45, 2.75) is 26.3 Å². The SMILES string of the molecule is Cc1ccc(C(N)C(=O)NCCc2cccc(C)c2)cc1.Cl. The van der Waals surface area contributed by atoms with Crippen LogP contribution in [-0.2, 0) is 11.2 Å². The molecule has 0 bridgehead atoms. The molecule has 0 aliphatic heterocycles. The van der Waals surface area contributed by atoms with Gasteiger partial charge in [-0.15, -0.1) is 12.4 Å².